The maximum atomic E-state index is 12.6. The Morgan fingerprint density at radius 1 is 0.771 bits per heavy atom. The summed E-state index contributed by atoms with van der Waals surface area (Å²) in [5.41, 5.74) is 6.59. The van der Waals surface area contributed by atoms with Crippen molar-refractivity contribution >= 4 is 29.1 Å². The molecule has 0 atom stereocenters. The van der Waals surface area contributed by atoms with Crippen LogP contribution in [0.2, 0.25) is 0 Å². The number of hydrogen-bond acceptors (Lipinski definition) is 7. The highest BCUT2D eigenvalue weighted by Crippen LogP contribution is 2.38. The zero-order valence-corrected chi connectivity index (χ0v) is 20.2. The van der Waals surface area contributed by atoms with Gasteiger partial charge >= 0.3 is 0 Å². The second-order valence-electron chi connectivity index (χ2n) is 7.08. The van der Waals surface area contributed by atoms with Gasteiger partial charge in [0.15, 0.2) is 16.6 Å². The van der Waals surface area contributed by atoms with Gasteiger partial charge in [0.1, 0.15) is 12.4 Å². The molecule has 0 radical (unpaired) electrons. The SMILES string of the molecule is COc1cc(C(=O)NC(=S)NNC(=O)c2ccc(OCc3ccccc3)cc2)cc(OC)c1OC. The van der Waals surface area contributed by atoms with Crippen molar-refractivity contribution in [3.8, 4) is 23.0 Å². The number of thiocarbonyl (C=S) groups is 1. The van der Waals surface area contributed by atoms with E-state index in [1.54, 1.807) is 24.3 Å². The minimum absolute atomic E-state index is 0.0973. The first kappa shape index (κ1) is 25.3. The summed E-state index contributed by atoms with van der Waals surface area (Å²) >= 11 is 5.11. The quantitative estimate of drug-likeness (QED) is 0.323. The number of hydrazine groups is 1. The summed E-state index contributed by atoms with van der Waals surface area (Å²) in [7, 11) is 4.36. The zero-order valence-electron chi connectivity index (χ0n) is 19.4. The second-order valence-corrected chi connectivity index (χ2v) is 7.48. The van der Waals surface area contributed by atoms with Gasteiger partial charge in [0, 0.05) is 11.1 Å². The predicted octanol–water partition coefficient (Wildman–Crippen LogP) is 3.24. The standard InChI is InChI=1S/C25H25N3O6S/c1-31-20-13-18(14-21(32-2)22(20)33-3)23(29)26-25(35)28-27-24(30)17-9-11-19(12-10-17)34-15-16-7-5-4-6-8-16/h4-14H,15H2,1-3H3,(H,27,30)(H2,26,28,29,35). The van der Waals surface area contributed by atoms with Gasteiger partial charge in [-0.05, 0) is 54.2 Å². The molecular weight excluding hydrogens is 470 g/mol. The molecule has 0 aromatic heterocycles. The average Bonchev–Trinajstić information content (AvgIpc) is 2.90. The van der Waals surface area contributed by atoms with Crippen molar-refractivity contribution in [1.29, 1.82) is 0 Å². The van der Waals surface area contributed by atoms with Crippen molar-refractivity contribution in [3.63, 3.8) is 0 Å². The molecule has 0 saturated heterocycles. The Balaban J connectivity index is 1.52. The van der Waals surface area contributed by atoms with Crippen LogP contribution in [0.15, 0.2) is 66.7 Å². The summed E-state index contributed by atoms with van der Waals surface area (Å²) in [6.45, 7) is 0.424. The smallest absolute Gasteiger partial charge is 0.269 e. The lowest BCUT2D eigenvalue weighted by Gasteiger charge is -2.15. The summed E-state index contributed by atoms with van der Waals surface area (Å²) in [4.78, 5) is 25.0. The van der Waals surface area contributed by atoms with Crippen LogP contribution in [0, 0.1) is 0 Å². The maximum Gasteiger partial charge on any atom is 0.269 e. The summed E-state index contributed by atoms with van der Waals surface area (Å²) in [5.74, 6) is 0.656. The molecule has 0 heterocycles. The van der Waals surface area contributed by atoms with E-state index in [1.807, 2.05) is 30.3 Å². The molecule has 0 aliphatic rings. The van der Waals surface area contributed by atoms with Gasteiger partial charge in [0.2, 0.25) is 5.75 Å². The third kappa shape index (κ3) is 6.84. The van der Waals surface area contributed by atoms with Crippen molar-refractivity contribution < 1.29 is 28.5 Å². The molecule has 0 aliphatic carbocycles. The van der Waals surface area contributed by atoms with E-state index in [2.05, 4.69) is 16.2 Å². The highest BCUT2D eigenvalue weighted by atomic mass is 32.1. The maximum absolute atomic E-state index is 12.6. The molecule has 3 rings (SSSR count). The fourth-order valence-corrected chi connectivity index (χ4v) is 3.19. The summed E-state index contributed by atoms with van der Waals surface area (Å²) in [6, 6.07) is 19.4. The first-order valence-electron chi connectivity index (χ1n) is 10.4. The number of carbonyl (C=O) groups excluding carboxylic acids is 2. The topological polar surface area (TPSA) is 107 Å². The van der Waals surface area contributed by atoms with E-state index in [4.69, 9.17) is 31.2 Å². The summed E-state index contributed by atoms with van der Waals surface area (Å²) < 4.78 is 21.5. The van der Waals surface area contributed by atoms with E-state index in [1.165, 1.54) is 33.5 Å². The van der Waals surface area contributed by atoms with Gasteiger partial charge in [-0.25, -0.2) is 0 Å². The number of amides is 2. The van der Waals surface area contributed by atoms with Crippen LogP contribution >= 0.6 is 12.2 Å². The highest BCUT2D eigenvalue weighted by molar-refractivity contribution is 7.80. The molecule has 0 spiro atoms. The molecule has 0 unspecified atom stereocenters. The molecule has 3 N–H and O–H groups in total. The molecule has 3 aromatic carbocycles. The average molecular weight is 496 g/mol. The van der Waals surface area contributed by atoms with Crippen LogP contribution < -0.4 is 35.1 Å². The van der Waals surface area contributed by atoms with E-state index in [0.29, 0.717) is 35.2 Å². The fraction of sp³-hybridized carbons (Fsp3) is 0.160. The van der Waals surface area contributed by atoms with Crippen LogP contribution in [-0.4, -0.2) is 38.3 Å². The van der Waals surface area contributed by atoms with Crippen LogP contribution in [0.5, 0.6) is 23.0 Å². The Morgan fingerprint density at radius 3 is 1.97 bits per heavy atom. The number of carbonyl (C=O) groups is 2. The van der Waals surface area contributed by atoms with E-state index in [-0.39, 0.29) is 10.7 Å². The molecule has 35 heavy (non-hydrogen) atoms. The Hall–Kier alpha value is -4.31. The van der Waals surface area contributed by atoms with Crippen molar-refractivity contribution in [2.75, 3.05) is 21.3 Å². The van der Waals surface area contributed by atoms with Crippen LogP contribution in [0.3, 0.4) is 0 Å². The van der Waals surface area contributed by atoms with Crippen LogP contribution in [0.25, 0.3) is 0 Å². The number of rotatable bonds is 8. The molecule has 0 aliphatic heterocycles. The van der Waals surface area contributed by atoms with Crippen molar-refractivity contribution in [3.05, 3.63) is 83.4 Å². The Kier molecular flexibility index (Phi) is 8.85. The number of benzene rings is 3. The van der Waals surface area contributed by atoms with Gasteiger partial charge in [-0.15, -0.1) is 0 Å². The molecule has 0 fully saturated rings. The normalized spacial score (nSPS) is 10.0. The van der Waals surface area contributed by atoms with Gasteiger partial charge in [-0.2, -0.15) is 0 Å². The lowest BCUT2D eigenvalue weighted by molar-refractivity contribution is 0.0934. The van der Waals surface area contributed by atoms with Gasteiger partial charge in [0.25, 0.3) is 11.8 Å². The fourth-order valence-electron chi connectivity index (χ4n) is 3.05. The van der Waals surface area contributed by atoms with Crippen LogP contribution in [0.4, 0.5) is 0 Å². The van der Waals surface area contributed by atoms with Crippen molar-refractivity contribution in [2.24, 2.45) is 0 Å². The monoisotopic (exact) mass is 495 g/mol. The molecule has 0 saturated carbocycles. The molecule has 2 amide bonds. The van der Waals surface area contributed by atoms with Gasteiger partial charge < -0.3 is 18.9 Å². The zero-order chi connectivity index (χ0) is 25.2. The van der Waals surface area contributed by atoms with E-state index in [9.17, 15) is 9.59 Å². The van der Waals surface area contributed by atoms with Gasteiger partial charge in [-0.3, -0.25) is 25.8 Å². The summed E-state index contributed by atoms with van der Waals surface area (Å²) in [6.07, 6.45) is 0. The second kappa shape index (κ2) is 12.2. The lowest BCUT2D eigenvalue weighted by atomic mass is 10.1. The van der Waals surface area contributed by atoms with Crippen LogP contribution in [-0.2, 0) is 6.61 Å². The Morgan fingerprint density at radius 2 is 1.40 bits per heavy atom. The van der Waals surface area contributed by atoms with E-state index in [0.717, 1.165) is 5.56 Å². The molecule has 9 nitrogen and oxygen atoms in total. The molecule has 182 valence electrons. The third-order valence-corrected chi connectivity index (χ3v) is 5.01. The first-order chi connectivity index (χ1) is 16.9. The molecule has 10 heteroatoms. The molecular formula is C25H25N3O6S. The van der Waals surface area contributed by atoms with Crippen molar-refractivity contribution in [1.82, 2.24) is 16.2 Å². The van der Waals surface area contributed by atoms with Crippen molar-refractivity contribution in [2.45, 2.75) is 6.61 Å². The lowest BCUT2D eigenvalue weighted by Crippen LogP contribution is -2.48. The largest absolute Gasteiger partial charge is 0.493 e. The number of hydrogen-bond donors (Lipinski definition) is 3. The molecule has 3 aromatic rings. The van der Waals surface area contributed by atoms with E-state index < -0.39 is 11.8 Å². The first-order valence-corrected chi connectivity index (χ1v) is 10.8. The number of methoxy groups -OCH3 is 3. The predicted molar refractivity (Wildman–Crippen MR) is 134 cm³/mol. The van der Waals surface area contributed by atoms with Crippen LogP contribution in [0.1, 0.15) is 26.3 Å². The number of nitrogens with one attached hydrogen (secondary N) is 3. The van der Waals surface area contributed by atoms with Gasteiger partial charge in [-0.1, -0.05) is 30.3 Å². The Bertz CT molecular complexity index is 1160. The summed E-state index contributed by atoms with van der Waals surface area (Å²) in [5, 5.41) is 2.38. The Labute approximate surface area is 208 Å². The third-order valence-electron chi connectivity index (χ3n) is 4.81. The molecule has 0 bridgehead atoms. The van der Waals surface area contributed by atoms with Gasteiger partial charge in [0.05, 0.1) is 21.3 Å². The minimum Gasteiger partial charge on any atom is -0.493 e. The highest BCUT2D eigenvalue weighted by Gasteiger charge is 2.18. The minimum atomic E-state index is -0.532. The van der Waals surface area contributed by atoms with E-state index >= 15 is 0 Å². The number of ether oxygens (including phenoxy) is 4.